The Morgan fingerprint density at radius 1 is 1.36 bits per heavy atom. The molecule has 1 aliphatic heterocycles. The molecule has 0 radical (unpaired) electrons. The molecular weight excluding hydrogens is 138 g/mol. The summed E-state index contributed by atoms with van der Waals surface area (Å²) in [5.41, 5.74) is 0. The standard InChI is InChI=1S/C9H15NO/c1-2-3-4-5-10-6-8-11-9-7-10/h2-4H,1,5-9H2/b4-3+. The number of ether oxygens (including phenoxy) is 1. The van der Waals surface area contributed by atoms with E-state index < -0.39 is 0 Å². The second kappa shape index (κ2) is 5.10. The highest BCUT2D eigenvalue weighted by Gasteiger charge is 2.06. The summed E-state index contributed by atoms with van der Waals surface area (Å²) in [6.07, 6.45) is 5.91. The van der Waals surface area contributed by atoms with Gasteiger partial charge in [0, 0.05) is 19.6 Å². The third kappa shape index (κ3) is 3.35. The van der Waals surface area contributed by atoms with Crippen LogP contribution in [0.3, 0.4) is 0 Å². The van der Waals surface area contributed by atoms with Crippen LogP contribution in [0.25, 0.3) is 0 Å². The molecular formula is C9H15NO. The first-order valence-corrected chi connectivity index (χ1v) is 4.01. The van der Waals surface area contributed by atoms with Crippen molar-refractivity contribution in [3.05, 3.63) is 24.8 Å². The quantitative estimate of drug-likeness (QED) is 0.562. The molecule has 0 N–H and O–H groups in total. The minimum atomic E-state index is 0.877. The molecule has 2 nitrogen and oxygen atoms in total. The second-order valence-corrected chi connectivity index (χ2v) is 2.58. The fourth-order valence-corrected chi connectivity index (χ4v) is 1.09. The van der Waals surface area contributed by atoms with Crippen molar-refractivity contribution in [2.75, 3.05) is 32.8 Å². The lowest BCUT2D eigenvalue weighted by molar-refractivity contribution is 0.0434. The molecule has 1 fully saturated rings. The highest BCUT2D eigenvalue weighted by atomic mass is 16.5. The molecule has 0 spiro atoms. The zero-order chi connectivity index (χ0) is 7.94. The molecule has 0 aromatic heterocycles. The van der Waals surface area contributed by atoms with Crippen LogP contribution in [-0.4, -0.2) is 37.7 Å². The normalized spacial score (nSPS) is 20.7. The minimum absolute atomic E-state index is 0.877. The molecule has 2 heteroatoms. The van der Waals surface area contributed by atoms with Crippen molar-refractivity contribution in [1.29, 1.82) is 0 Å². The van der Waals surface area contributed by atoms with Gasteiger partial charge in [-0.15, -0.1) is 0 Å². The van der Waals surface area contributed by atoms with Gasteiger partial charge in [-0.1, -0.05) is 24.8 Å². The van der Waals surface area contributed by atoms with Crippen LogP contribution in [0.1, 0.15) is 0 Å². The van der Waals surface area contributed by atoms with Crippen LogP contribution in [0.5, 0.6) is 0 Å². The summed E-state index contributed by atoms with van der Waals surface area (Å²) in [6, 6.07) is 0. The average Bonchev–Trinajstić information content (AvgIpc) is 2.07. The number of rotatable bonds is 3. The van der Waals surface area contributed by atoms with E-state index in [2.05, 4.69) is 17.6 Å². The Labute approximate surface area is 68.1 Å². The smallest absolute Gasteiger partial charge is 0.0594 e. The predicted molar refractivity (Wildman–Crippen MR) is 46.6 cm³/mol. The molecule has 1 rings (SSSR count). The highest BCUT2D eigenvalue weighted by molar-refractivity contribution is 4.98. The maximum absolute atomic E-state index is 5.22. The van der Waals surface area contributed by atoms with Crippen molar-refractivity contribution in [3.63, 3.8) is 0 Å². The van der Waals surface area contributed by atoms with E-state index in [0.717, 1.165) is 32.8 Å². The first-order valence-electron chi connectivity index (χ1n) is 4.01. The zero-order valence-corrected chi connectivity index (χ0v) is 6.83. The van der Waals surface area contributed by atoms with Gasteiger partial charge >= 0.3 is 0 Å². The van der Waals surface area contributed by atoms with Crippen LogP contribution >= 0.6 is 0 Å². The molecule has 0 aromatic rings. The molecule has 0 bridgehead atoms. The number of allylic oxidation sites excluding steroid dienone is 2. The van der Waals surface area contributed by atoms with Gasteiger partial charge in [0.05, 0.1) is 13.2 Å². The zero-order valence-electron chi connectivity index (χ0n) is 6.83. The van der Waals surface area contributed by atoms with Crippen molar-refractivity contribution in [2.24, 2.45) is 0 Å². The molecule has 0 aromatic carbocycles. The van der Waals surface area contributed by atoms with Crippen LogP contribution in [0.4, 0.5) is 0 Å². The summed E-state index contributed by atoms with van der Waals surface area (Å²) in [7, 11) is 0. The summed E-state index contributed by atoms with van der Waals surface area (Å²) >= 11 is 0. The fraction of sp³-hybridized carbons (Fsp3) is 0.556. The van der Waals surface area contributed by atoms with Gasteiger partial charge in [-0.25, -0.2) is 0 Å². The van der Waals surface area contributed by atoms with Crippen molar-refractivity contribution in [3.8, 4) is 0 Å². The number of hydrogen-bond donors (Lipinski definition) is 0. The Balaban J connectivity index is 2.14. The van der Waals surface area contributed by atoms with E-state index in [1.165, 1.54) is 0 Å². The number of morpholine rings is 1. The van der Waals surface area contributed by atoms with E-state index >= 15 is 0 Å². The molecule has 11 heavy (non-hydrogen) atoms. The van der Waals surface area contributed by atoms with E-state index in [4.69, 9.17) is 4.74 Å². The van der Waals surface area contributed by atoms with Crippen LogP contribution in [0.15, 0.2) is 24.8 Å². The summed E-state index contributed by atoms with van der Waals surface area (Å²) in [5.74, 6) is 0. The van der Waals surface area contributed by atoms with Crippen LogP contribution in [0.2, 0.25) is 0 Å². The average molecular weight is 153 g/mol. The summed E-state index contributed by atoms with van der Waals surface area (Å²) in [5, 5.41) is 0. The van der Waals surface area contributed by atoms with E-state index in [-0.39, 0.29) is 0 Å². The van der Waals surface area contributed by atoms with E-state index in [1.807, 2.05) is 6.08 Å². The topological polar surface area (TPSA) is 12.5 Å². The van der Waals surface area contributed by atoms with E-state index in [1.54, 1.807) is 6.08 Å². The van der Waals surface area contributed by atoms with Crippen LogP contribution < -0.4 is 0 Å². The lowest BCUT2D eigenvalue weighted by atomic mass is 10.4. The monoisotopic (exact) mass is 153 g/mol. The van der Waals surface area contributed by atoms with Gasteiger partial charge < -0.3 is 4.74 Å². The summed E-state index contributed by atoms with van der Waals surface area (Å²) in [4.78, 5) is 2.36. The predicted octanol–water partition coefficient (Wildman–Crippen LogP) is 1.06. The van der Waals surface area contributed by atoms with Crippen molar-refractivity contribution in [1.82, 2.24) is 4.90 Å². The molecule has 62 valence electrons. The van der Waals surface area contributed by atoms with Crippen LogP contribution in [-0.2, 0) is 4.74 Å². The molecule has 0 aliphatic carbocycles. The lowest BCUT2D eigenvalue weighted by Crippen LogP contribution is -2.36. The second-order valence-electron chi connectivity index (χ2n) is 2.58. The summed E-state index contributed by atoms with van der Waals surface area (Å²) < 4.78 is 5.22. The Morgan fingerprint density at radius 2 is 2.09 bits per heavy atom. The summed E-state index contributed by atoms with van der Waals surface area (Å²) in [6.45, 7) is 8.50. The van der Waals surface area contributed by atoms with Crippen molar-refractivity contribution >= 4 is 0 Å². The highest BCUT2D eigenvalue weighted by Crippen LogP contribution is 1.95. The molecule has 0 amide bonds. The van der Waals surface area contributed by atoms with Gasteiger partial charge in [-0.2, -0.15) is 0 Å². The van der Waals surface area contributed by atoms with Crippen LogP contribution in [0, 0.1) is 0 Å². The third-order valence-corrected chi connectivity index (χ3v) is 1.74. The largest absolute Gasteiger partial charge is 0.379 e. The van der Waals surface area contributed by atoms with Crippen molar-refractivity contribution < 1.29 is 4.74 Å². The molecule has 0 saturated carbocycles. The molecule has 1 heterocycles. The maximum Gasteiger partial charge on any atom is 0.0594 e. The fourth-order valence-electron chi connectivity index (χ4n) is 1.09. The minimum Gasteiger partial charge on any atom is -0.379 e. The Morgan fingerprint density at radius 3 is 2.73 bits per heavy atom. The number of hydrogen-bond acceptors (Lipinski definition) is 2. The Hall–Kier alpha value is -0.600. The lowest BCUT2D eigenvalue weighted by Gasteiger charge is -2.24. The molecule has 1 aliphatic rings. The molecule has 0 unspecified atom stereocenters. The van der Waals surface area contributed by atoms with Gasteiger partial charge in [0.25, 0.3) is 0 Å². The molecule has 1 saturated heterocycles. The van der Waals surface area contributed by atoms with E-state index in [0.29, 0.717) is 0 Å². The first kappa shape index (κ1) is 8.50. The van der Waals surface area contributed by atoms with Gasteiger partial charge in [-0.05, 0) is 0 Å². The first-order chi connectivity index (χ1) is 5.43. The third-order valence-electron chi connectivity index (χ3n) is 1.74. The maximum atomic E-state index is 5.22. The Bertz CT molecular complexity index is 136. The molecule has 0 atom stereocenters. The van der Waals surface area contributed by atoms with Gasteiger partial charge in [0.2, 0.25) is 0 Å². The SMILES string of the molecule is C=C/C=C/CN1CCOCC1. The van der Waals surface area contributed by atoms with E-state index in [9.17, 15) is 0 Å². The number of nitrogens with zero attached hydrogens (tertiary/aromatic N) is 1. The van der Waals surface area contributed by atoms with Gasteiger partial charge in [0.15, 0.2) is 0 Å². The van der Waals surface area contributed by atoms with Crippen molar-refractivity contribution in [2.45, 2.75) is 0 Å². The van der Waals surface area contributed by atoms with Gasteiger partial charge in [0.1, 0.15) is 0 Å². The van der Waals surface area contributed by atoms with Gasteiger partial charge in [-0.3, -0.25) is 4.90 Å². The Kier molecular flexibility index (Phi) is 3.94.